The second-order valence-electron chi connectivity index (χ2n) is 4.58. The van der Waals surface area contributed by atoms with E-state index in [9.17, 15) is 4.39 Å². The van der Waals surface area contributed by atoms with Gasteiger partial charge in [-0.1, -0.05) is 19.3 Å². The molecule has 0 aliphatic heterocycles. The van der Waals surface area contributed by atoms with Crippen molar-refractivity contribution in [1.29, 1.82) is 0 Å². The molecule has 1 aromatic rings. The Kier molecular flexibility index (Phi) is 3.70. The Balaban J connectivity index is 1.94. The van der Waals surface area contributed by atoms with E-state index in [2.05, 4.69) is 9.97 Å². The normalized spacial score (nSPS) is 17.4. The fraction of sp³-hybridized carbons (Fsp3) is 0.667. The Morgan fingerprint density at radius 3 is 2.75 bits per heavy atom. The molecule has 0 spiro atoms. The molecule has 0 aromatic carbocycles. The van der Waals surface area contributed by atoms with Crippen LogP contribution in [0.25, 0.3) is 0 Å². The zero-order valence-corrected chi connectivity index (χ0v) is 9.69. The fourth-order valence-electron chi connectivity index (χ4n) is 2.38. The lowest BCUT2D eigenvalue weighted by Crippen LogP contribution is -2.27. The van der Waals surface area contributed by atoms with Crippen LogP contribution in [0.2, 0.25) is 0 Å². The maximum atomic E-state index is 12.9. The first-order chi connectivity index (χ1) is 7.75. The number of nitrogens with zero attached hydrogens (tertiary/aromatic N) is 3. The number of hydrogen-bond acceptors (Lipinski definition) is 3. The predicted octanol–water partition coefficient (Wildman–Crippen LogP) is 2.63. The molecule has 0 radical (unpaired) electrons. The van der Waals surface area contributed by atoms with Crippen LogP contribution < -0.4 is 4.90 Å². The van der Waals surface area contributed by atoms with Crippen molar-refractivity contribution in [2.45, 2.75) is 32.1 Å². The average molecular weight is 223 g/mol. The molecule has 1 aromatic heterocycles. The lowest BCUT2D eigenvalue weighted by molar-refractivity contribution is 0.361. The molecule has 2 rings (SSSR count). The average Bonchev–Trinajstić information content (AvgIpc) is 2.30. The van der Waals surface area contributed by atoms with Crippen LogP contribution in [0.4, 0.5) is 10.2 Å². The summed E-state index contributed by atoms with van der Waals surface area (Å²) in [4.78, 5) is 9.57. The van der Waals surface area contributed by atoms with Gasteiger partial charge in [-0.05, 0) is 18.8 Å². The SMILES string of the molecule is CN(CC1CCCCC1)c1cc(F)ncn1. The van der Waals surface area contributed by atoms with E-state index in [4.69, 9.17) is 0 Å². The highest BCUT2D eigenvalue weighted by molar-refractivity contribution is 5.35. The molecule has 1 heterocycles. The van der Waals surface area contributed by atoms with E-state index in [1.807, 2.05) is 11.9 Å². The third kappa shape index (κ3) is 2.90. The highest BCUT2D eigenvalue weighted by Crippen LogP contribution is 2.25. The summed E-state index contributed by atoms with van der Waals surface area (Å²) < 4.78 is 12.9. The zero-order chi connectivity index (χ0) is 11.4. The lowest BCUT2D eigenvalue weighted by Gasteiger charge is -2.27. The first-order valence-electron chi connectivity index (χ1n) is 5.94. The van der Waals surface area contributed by atoms with Crippen LogP contribution in [0.15, 0.2) is 12.4 Å². The molecule has 4 heteroatoms. The summed E-state index contributed by atoms with van der Waals surface area (Å²) >= 11 is 0. The summed E-state index contributed by atoms with van der Waals surface area (Å²) in [6.07, 6.45) is 7.88. The maximum absolute atomic E-state index is 12.9. The lowest BCUT2D eigenvalue weighted by atomic mass is 9.89. The molecule has 0 saturated heterocycles. The van der Waals surface area contributed by atoms with Crippen LogP contribution in [0.1, 0.15) is 32.1 Å². The van der Waals surface area contributed by atoms with Crippen molar-refractivity contribution in [1.82, 2.24) is 9.97 Å². The predicted molar refractivity (Wildman–Crippen MR) is 61.8 cm³/mol. The third-order valence-electron chi connectivity index (χ3n) is 3.27. The summed E-state index contributed by atoms with van der Waals surface area (Å²) in [7, 11) is 1.97. The van der Waals surface area contributed by atoms with Gasteiger partial charge in [0.05, 0.1) is 0 Å². The van der Waals surface area contributed by atoms with Crippen molar-refractivity contribution in [3.63, 3.8) is 0 Å². The fourth-order valence-corrected chi connectivity index (χ4v) is 2.38. The van der Waals surface area contributed by atoms with Crippen LogP contribution in [0.3, 0.4) is 0 Å². The van der Waals surface area contributed by atoms with E-state index in [0.717, 1.165) is 12.5 Å². The number of hydrogen-bond donors (Lipinski definition) is 0. The van der Waals surface area contributed by atoms with Crippen molar-refractivity contribution >= 4 is 5.82 Å². The number of rotatable bonds is 3. The Bertz CT molecular complexity index is 337. The minimum Gasteiger partial charge on any atom is -0.359 e. The van der Waals surface area contributed by atoms with Gasteiger partial charge in [0, 0.05) is 19.7 Å². The quantitative estimate of drug-likeness (QED) is 0.738. The number of anilines is 1. The van der Waals surface area contributed by atoms with E-state index in [0.29, 0.717) is 5.82 Å². The molecule has 1 saturated carbocycles. The maximum Gasteiger partial charge on any atom is 0.218 e. The standard InChI is InChI=1S/C12H18FN3/c1-16(8-10-5-3-2-4-6-10)12-7-11(13)14-9-15-12/h7,9-10H,2-6,8H2,1H3. The van der Waals surface area contributed by atoms with Crippen molar-refractivity contribution in [3.05, 3.63) is 18.3 Å². The molecular formula is C12H18FN3. The monoisotopic (exact) mass is 223 g/mol. The first-order valence-corrected chi connectivity index (χ1v) is 5.94. The minimum atomic E-state index is -0.458. The minimum absolute atomic E-state index is 0.458. The van der Waals surface area contributed by atoms with Gasteiger partial charge in [-0.2, -0.15) is 4.39 Å². The molecule has 1 aliphatic rings. The molecule has 88 valence electrons. The van der Waals surface area contributed by atoms with Gasteiger partial charge >= 0.3 is 0 Å². The topological polar surface area (TPSA) is 29.0 Å². The molecule has 0 unspecified atom stereocenters. The second-order valence-corrected chi connectivity index (χ2v) is 4.58. The smallest absolute Gasteiger partial charge is 0.218 e. The second kappa shape index (κ2) is 5.23. The van der Waals surface area contributed by atoms with Gasteiger partial charge < -0.3 is 4.90 Å². The van der Waals surface area contributed by atoms with Crippen LogP contribution in [-0.2, 0) is 0 Å². The van der Waals surface area contributed by atoms with Crippen LogP contribution in [0.5, 0.6) is 0 Å². The molecule has 0 amide bonds. The summed E-state index contributed by atoms with van der Waals surface area (Å²) in [5, 5.41) is 0. The molecular weight excluding hydrogens is 205 g/mol. The van der Waals surface area contributed by atoms with E-state index in [1.54, 1.807) is 0 Å². The van der Waals surface area contributed by atoms with Crippen molar-refractivity contribution in [2.75, 3.05) is 18.5 Å². The zero-order valence-electron chi connectivity index (χ0n) is 9.69. The number of aromatic nitrogens is 2. The molecule has 16 heavy (non-hydrogen) atoms. The van der Waals surface area contributed by atoms with E-state index < -0.39 is 5.95 Å². The number of halogens is 1. The first kappa shape index (κ1) is 11.3. The highest BCUT2D eigenvalue weighted by atomic mass is 19.1. The van der Waals surface area contributed by atoms with Crippen LogP contribution in [0, 0.1) is 11.9 Å². The Morgan fingerprint density at radius 1 is 1.31 bits per heavy atom. The van der Waals surface area contributed by atoms with Gasteiger partial charge in [-0.15, -0.1) is 0 Å². The van der Waals surface area contributed by atoms with Crippen molar-refractivity contribution < 1.29 is 4.39 Å². The van der Waals surface area contributed by atoms with Gasteiger partial charge in [-0.3, -0.25) is 0 Å². The van der Waals surface area contributed by atoms with Gasteiger partial charge in [0.2, 0.25) is 5.95 Å². The Morgan fingerprint density at radius 2 is 2.06 bits per heavy atom. The van der Waals surface area contributed by atoms with E-state index in [1.165, 1.54) is 44.5 Å². The van der Waals surface area contributed by atoms with Gasteiger partial charge in [-0.25, -0.2) is 9.97 Å². The molecule has 1 aliphatic carbocycles. The molecule has 0 bridgehead atoms. The third-order valence-corrected chi connectivity index (χ3v) is 3.27. The summed E-state index contributed by atoms with van der Waals surface area (Å²) in [5.74, 6) is 0.954. The summed E-state index contributed by atoms with van der Waals surface area (Å²) in [6, 6.07) is 1.39. The van der Waals surface area contributed by atoms with E-state index in [-0.39, 0.29) is 0 Å². The van der Waals surface area contributed by atoms with Gasteiger partial charge in [0.25, 0.3) is 0 Å². The largest absolute Gasteiger partial charge is 0.359 e. The van der Waals surface area contributed by atoms with E-state index >= 15 is 0 Å². The van der Waals surface area contributed by atoms with Gasteiger partial charge in [0.15, 0.2) is 0 Å². The van der Waals surface area contributed by atoms with Crippen molar-refractivity contribution in [3.8, 4) is 0 Å². The summed E-state index contributed by atoms with van der Waals surface area (Å²) in [6.45, 7) is 0.969. The highest BCUT2D eigenvalue weighted by Gasteiger charge is 2.16. The Hall–Kier alpha value is -1.19. The van der Waals surface area contributed by atoms with Crippen LogP contribution >= 0.6 is 0 Å². The molecule has 1 fully saturated rings. The Labute approximate surface area is 95.7 Å². The van der Waals surface area contributed by atoms with Crippen LogP contribution in [-0.4, -0.2) is 23.6 Å². The van der Waals surface area contributed by atoms with Crippen molar-refractivity contribution in [2.24, 2.45) is 5.92 Å². The molecule has 0 N–H and O–H groups in total. The molecule has 3 nitrogen and oxygen atoms in total. The van der Waals surface area contributed by atoms with Gasteiger partial charge in [0.1, 0.15) is 12.1 Å². The summed E-state index contributed by atoms with van der Waals surface area (Å²) in [5.41, 5.74) is 0. The molecule has 0 atom stereocenters.